The van der Waals surface area contributed by atoms with Gasteiger partial charge < -0.3 is 21.1 Å². The van der Waals surface area contributed by atoms with Gasteiger partial charge in [-0.25, -0.2) is 14.8 Å². The second-order valence-corrected chi connectivity index (χ2v) is 7.00. The molecule has 0 unspecified atom stereocenters. The molecule has 2 heterocycles. The van der Waals surface area contributed by atoms with E-state index in [0.29, 0.717) is 28.2 Å². The lowest BCUT2D eigenvalue weighted by atomic mass is 10.1. The highest BCUT2D eigenvalue weighted by atomic mass is 19.4. The molecule has 0 saturated heterocycles. The molecule has 2 aromatic heterocycles. The number of pyridine rings is 1. The van der Waals surface area contributed by atoms with Crippen molar-refractivity contribution in [3.63, 3.8) is 0 Å². The Balaban J connectivity index is 0.000000406. The third-order valence-electron chi connectivity index (χ3n) is 4.73. The molecule has 0 aliphatic heterocycles. The van der Waals surface area contributed by atoms with Crippen LogP contribution in [0, 0.1) is 0 Å². The molecular weight excluding hydrogens is 451 g/mol. The first-order valence-electron chi connectivity index (χ1n) is 10.0. The first-order valence-corrected chi connectivity index (χ1v) is 10.0. The van der Waals surface area contributed by atoms with Crippen LogP contribution >= 0.6 is 0 Å². The Morgan fingerprint density at radius 3 is 2.29 bits per heavy atom. The highest BCUT2D eigenvalue weighted by Crippen LogP contribution is 2.31. The fourth-order valence-corrected chi connectivity index (χ4v) is 3.09. The van der Waals surface area contributed by atoms with Crippen LogP contribution in [-0.4, -0.2) is 38.1 Å². The van der Waals surface area contributed by atoms with Gasteiger partial charge in [0, 0.05) is 17.4 Å². The minimum atomic E-state index is -5.08. The van der Waals surface area contributed by atoms with Crippen LogP contribution in [0.4, 0.5) is 24.5 Å². The predicted octanol–water partition coefficient (Wildman–Crippen LogP) is 4.66. The first kappa shape index (κ1) is 24.2. The number of fused-ring (bicyclic) bond motifs is 1. The number of aliphatic carboxylic acids is 1. The first-order chi connectivity index (χ1) is 16.1. The SMILES string of the molecule is CCc1ccccc1Nc1c(C(N)=O)cnc2nc(-c3ccccc3)[nH]c12.O=C(O)C(F)(F)F. The molecule has 2 aromatic carbocycles. The molecule has 0 aliphatic rings. The number of carbonyl (C=O) groups is 2. The van der Waals surface area contributed by atoms with Crippen molar-refractivity contribution in [1.29, 1.82) is 0 Å². The summed E-state index contributed by atoms with van der Waals surface area (Å²) in [6, 6.07) is 17.7. The van der Waals surface area contributed by atoms with E-state index in [9.17, 15) is 18.0 Å². The molecule has 0 bridgehead atoms. The number of benzene rings is 2. The van der Waals surface area contributed by atoms with Gasteiger partial charge in [-0.3, -0.25) is 4.79 Å². The van der Waals surface area contributed by atoms with E-state index < -0.39 is 18.1 Å². The topological polar surface area (TPSA) is 134 Å². The van der Waals surface area contributed by atoms with Crippen LogP contribution in [0.2, 0.25) is 0 Å². The number of imidazole rings is 1. The Hall–Kier alpha value is -4.41. The third kappa shape index (κ3) is 5.49. The van der Waals surface area contributed by atoms with Crippen molar-refractivity contribution in [2.75, 3.05) is 5.32 Å². The normalized spacial score (nSPS) is 10.9. The van der Waals surface area contributed by atoms with Gasteiger partial charge in [0.15, 0.2) is 5.65 Å². The molecule has 8 nitrogen and oxygen atoms in total. The highest BCUT2D eigenvalue weighted by Gasteiger charge is 2.38. The largest absolute Gasteiger partial charge is 0.490 e. The van der Waals surface area contributed by atoms with Crippen molar-refractivity contribution in [3.05, 3.63) is 71.9 Å². The Morgan fingerprint density at radius 1 is 1.09 bits per heavy atom. The number of aromatic amines is 1. The van der Waals surface area contributed by atoms with E-state index >= 15 is 0 Å². The minimum absolute atomic E-state index is 0.316. The molecule has 4 aromatic rings. The number of aromatic nitrogens is 3. The summed E-state index contributed by atoms with van der Waals surface area (Å²) in [7, 11) is 0. The quantitative estimate of drug-likeness (QED) is 0.334. The van der Waals surface area contributed by atoms with Gasteiger partial charge in [0.05, 0.1) is 11.3 Å². The molecule has 0 fully saturated rings. The summed E-state index contributed by atoms with van der Waals surface area (Å²) in [6.45, 7) is 2.08. The fraction of sp³-hybridized carbons (Fsp3) is 0.130. The van der Waals surface area contributed by atoms with Gasteiger partial charge in [-0.05, 0) is 18.1 Å². The van der Waals surface area contributed by atoms with Crippen molar-refractivity contribution in [1.82, 2.24) is 15.0 Å². The number of halogens is 3. The zero-order valence-corrected chi connectivity index (χ0v) is 17.8. The Morgan fingerprint density at radius 2 is 1.71 bits per heavy atom. The summed E-state index contributed by atoms with van der Waals surface area (Å²) in [6.07, 6.45) is -2.75. The Bertz CT molecular complexity index is 1320. The maximum Gasteiger partial charge on any atom is 0.490 e. The van der Waals surface area contributed by atoms with Crippen molar-refractivity contribution in [3.8, 4) is 11.4 Å². The van der Waals surface area contributed by atoms with E-state index in [1.54, 1.807) is 0 Å². The number of H-pyrrole nitrogens is 1. The van der Waals surface area contributed by atoms with Crippen LogP contribution in [0.25, 0.3) is 22.6 Å². The number of nitrogens with zero attached hydrogens (tertiary/aromatic N) is 2. The smallest absolute Gasteiger partial charge is 0.475 e. The predicted molar refractivity (Wildman–Crippen MR) is 121 cm³/mol. The van der Waals surface area contributed by atoms with Gasteiger partial charge in [-0.15, -0.1) is 0 Å². The van der Waals surface area contributed by atoms with Crippen molar-refractivity contribution in [2.45, 2.75) is 19.5 Å². The fourth-order valence-electron chi connectivity index (χ4n) is 3.09. The van der Waals surface area contributed by atoms with E-state index in [4.69, 9.17) is 15.6 Å². The van der Waals surface area contributed by atoms with E-state index in [2.05, 4.69) is 27.2 Å². The van der Waals surface area contributed by atoms with Gasteiger partial charge in [0.1, 0.15) is 11.3 Å². The number of nitrogens with two attached hydrogens (primary N) is 1. The molecule has 176 valence electrons. The summed E-state index contributed by atoms with van der Waals surface area (Å²) in [5.41, 5.74) is 10.7. The van der Waals surface area contributed by atoms with Crippen molar-refractivity contribution >= 4 is 34.4 Å². The number of hydrogen-bond acceptors (Lipinski definition) is 5. The zero-order valence-electron chi connectivity index (χ0n) is 17.8. The van der Waals surface area contributed by atoms with Crippen LogP contribution in [0.3, 0.4) is 0 Å². The van der Waals surface area contributed by atoms with E-state index in [1.807, 2.05) is 54.6 Å². The maximum atomic E-state index is 12.0. The number of hydrogen-bond donors (Lipinski definition) is 4. The summed E-state index contributed by atoms with van der Waals surface area (Å²) in [5.74, 6) is -2.62. The van der Waals surface area contributed by atoms with Crippen LogP contribution < -0.4 is 11.1 Å². The molecule has 11 heteroatoms. The Kier molecular flexibility index (Phi) is 7.15. The number of rotatable bonds is 5. The molecule has 1 amide bonds. The lowest BCUT2D eigenvalue weighted by Crippen LogP contribution is -2.21. The van der Waals surface area contributed by atoms with Crippen LogP contribution in [0.5, 0.6) is 0 Å². The number of amides is 1. The van der Waals surface area contributed by atoms with Crippen LogP contribution in [0.1, 0.15) is 22.8 Å². The average molecular weight is 471 g/mol. The molecule has 0 atom stereocenters. The van der Waals surface area contributed by atoms with E-state index in [-0.39, 0.29) is 0 Å². The maximum absolute atomic E-state index is 12.0. The van der Waals surface area contributed by atoms with Gasteiger partial charge in [0.25, 0.3) is 5.91 Å². The number of anilines is 2. The number of carboxylic acids is 1. The molecule has 0 saturated carbocycles. The summed E-state index contributed by atoms with van der Waals surface area (Å²) in [4.78, 5) is 33.1. The monoisotopic (exact) mass is 471 g/mol. The molecular formula is C23H20F3N5O3. The zero-order chi connectivity index (χ0) is 24.9. The lowest BCUT2D eigenvalue weighted by Gasteiger charge is -2.13. The third-order valence-corrected chi connectivity index (χ3v) is 4.73. The van der Waals surface area contributed by atoms with Gasteiger partial charge in [-0.2, -0.15) is 13.2 Å². The van der Waals surface area contributed by atoms with Crippen molar-refractivity contribution < 1.29 is 27.9 Å². The summed E-state index contributed by atoms with van der Waals surface area (Å²) < 4.78 is 31.7. The molecule has 5 N–H and O–H groups in total. The number of para-hydroxylation sites is 1. The number of aryl methyl sites for hydroxylation is 1. The molecule has 0 radical (unpaired) electrons. The van der Waals surface area contributed by atoms with Crippen molar-refractivity contribution in [2.24, 2.45) is 5.73 Å². The summed E-state index contributed by atoms with van der Waals surface area (Å²) in [5, 5.41) is 10.5. The highest BCUT2D eigenvalue weighted by molar-refractivity contribution is 6.06. The number of carbonyl (C=O) groups excluding carboxylic acids is 1. The van der Waals surface area contributed by atoms with E-state index in [1.165, 1.54) is 6.20 Å². The van der Waals surface area contributed by atoms with Crippen LogP contribution in [-0.2, 0) is 11.2 Å². The second kappa shape index (κ2) is 10.0. The van der Waals surface area contributed by atoms with Gasteiger partial charge in [-0.1, -0.05) is 55.5 Å². The molecule has 0 spiro atoms. The number of nitrogens with one attached hydrogen (secondary N) is 2. The van der Waals surface area contributed by atoms with E-state index in [0.717, 1.165) is 23.2 Å². The molecule has 4 rings (SSSR count). The minimum Gasteiger partial charge on any atom is -0.475 e. The van der Waals surface area contributed by atoms with Crippen LogP contribution in [0.15, 0.2) is 60.8 Å². The number of carboxylic acid groups (broad SMARTS) is 1. The number of primary amides is 1. The standard InChI is InChI=1S/C21H19N5O.C2HF3O2/c1-2-13-8-6-7-11-16(13)24-17-15(19(22)27)12-23-21-18(17)25-20(26-21)14-9-4-3-5-10-14;3-2(4,5)1(6)7/h3-12H,2H2,1H3,(H2,22,27)(H2,23,24,25,26);(H,6,7). The second-order valence-electron chi connectivity index (χ2n) is 7.00. The van der Waals surface area contributed by atoms with Gasteiger partial charge in [0.2, 0.25) is 0 Å². The lowest BCUT2D eigenvalue weighted by molar-refractivity contribution is -0.192. The molecule has 34 heavy (non-hydrogen) atoms. The number of alkyl halides is 3. The van der Waals surface area contributed by atoms with Gasteiger partial charge >= 0.3 is 12.1 Å². The summed E-state index contributed by atoms with van der Waals surface area (Å²) >= 11 is 0. The average Bonchev–Trinajstić information content (AvgIpc) is 3.25. The Labute approximate surface area is 191 Å². The molecule has 0 aliphatic carbocycles.